The average molecular weight is 325 g/mol. The maximum Gasteiger partial charge on any atom is 0.227 e. The van der Waals surface area contributed by atoms with Crippen molar-refractivity contribution in [3.8, 4) is 0 Å². The van der Waals surface area contributed by atoms with Crippen molar-refractivity contribution in [1.29, 1.82) is 0 Å². The summed E-state index contributed by atoms with van der Waals surface area (Å²) < 4.78 is 13.5. The van der Waals surface area contributed by atoms with Crippen molar-refractivity contribution in [2.75, 3.05) is 24.5 Å². The molecule has 5 heteroatoms. The van der Waals surface area contributed by atoms with Crippen molar-refractivity contribution in [3.63, 3.8) is 0 Å². The monoisotopic (exact) mass is 325 g/mol. The third kappa shape index (κ3) is 2.91. The summed E-state index contributed by atoms with van der Waals surface area (Å²) in [6.07, 6.45) is 3.35. The molecule has 24 heavy (non-hydrogen) atoms. The first-order chi connectivity index (χ1) is 11.6. The van der Waals surface area contributed by atoms with Gasteiger partial charge in [0, 0.05) is 43.4 Å². The van der Waals surface area contributed by atoms with Crippen LogP contribution in [0.1, 0.15) is 18.5 Å². The molecule has 2 aliphatic heterocycles. The predicted molar refractivity (Wildman–Crippen MR) is 89.9 cm³/mol. The highest BCUT2D eigenvalue weighted by Gasteiger charge is 2.47. The summed E-state index contributed by atoms with van der Waals surface area (Å²) in [4.78, 5) is 21.0. The average Bonchev–Trinajstić information content (AvgIpc) is 3.11. The van der Waals surface area contributed by atoms with Crippen LogP contribution >= 0.6 is 0 Å². The van der Waals surface area contributed by atoms with Gasteiger partial charge in [-0.1, -0.05) is 12.1 Å². The molecule has 0 radical (unpaired) electrons. The van der Waals surface area contributed by atoms with Crippen LogP contribution in [0.2, 0.25) is 0 Å². The fourth-order valence-electron chi connectivity index (χ4n) is 3.93. The number of carbonyl (C=O) groups is 1. The summed E-state index contributed by atoms with van der Waals surface area (Å²) in [5.74, 6) is -0.204. The van der Waals surface area contributed by atoms with E-state index in [0.717, 1.165) is 31.7 Å². The molecule has 4 rings (SSSR count). The van der Waals surface area contributed by atoms with Gasteiger partial charge >= 0.3 is 0 Å². The number of pyridine rings is 1. The number of nitrogens with zero attached hydrogens (tertiary/aromatic N) is 3. The zero-order valence-electron chi connectivity index (χ0n) is 13.5. The number of benzene rings is 1. The van der Waals surface area contributed by atoms with Crippen LogP contribution < -0.4 is 4.90 Å². The Morgan fingerprint density at radius 1 is 1.17 bits per heavy atom. The minimum absolute atomic E-state index is 0.0157. The molecule has 0 aliphatic carbocycles. The maximum atomic E-state index is 13.5. The maximum absolute atomic E-state index is 13.5. The minimum atomic E-state index is -0.301. The van der Waals surface area contributed by atoms with Crippen molar-refractivity contribution >= 4 is 11.6 Å². The van der Waals surface area contributed by atoms with Gasteiger partial charge in [0.2, 0.25) is 5.91 Å². The van der Waals surface area contributed by atoms with E-state index in [4.69, 9.17) is 0 Å². The summed E-state index contributed by atoms with van der Waals surface area (Å²) in [6.45, 7) is 3.35. The second-order valence-electron chi connectivity index (χ2n) is 6.92. The molecule has 1 spiro atoms. The predicted octanol–water partition coefficient (Wildman–Crippen LogP) is 2.85. The molecule has 2 aliphatic rings. The number of aromatic nitrogens is 1. The number of halogens is 1. The van der Waals surface area contributed by atoms with Crippen molar-refractivity contribution in [1.82, 2.24) is 9.88 Å². The molecule has 0 N–H and O–H groups in total. The van der Waals surface area contributed by atoms with Gasteiger partial charge in [-0.25, -0.2) is 4.39 Å². The van der Waals surface area contributed by atoms with E-state index in [-0.39, 0.29) is 17.1 Å². The second kappa shape index (κ2) is 5.98. The molecule has 0 bridgehead atoms. The Morgan fingerprint density at radius 2 is 2.08 bits per heavy atom. The first kappa shape index (κ1) is 15.3. The first-order valence-electron chi connectivity index (χ1n) is 8.32. The topological polar surface area (TPSA) is 36.4 Å². The molecule has 2 fully saturated rings. The summed E-state index contributed by atoms with van der Waals surface area (Å²) in [7, 11) is 0. The Balaban J connectivity index is 1.47. The molecule has 2 aromatic rings. The molecular formula is C19H20FN3O. The lowest BCUT2D eigenvalue weighted by Gasteiger charge is -2.24. The Labute approximate surface area is 140 Å². The van der Waals surface area contributed by atoms with Gasteiger partial charge in [0.1, 0.15) is 5.82 Å². The minimum Gasteiger partial charge on any atom is -0.312 e. The number of rotatable bonds is 3. The van der Waals surface area contributed by atoms with E-state index in [9.17, 15) is 9.18 Å². The number of amides is 1. The zero-order chi connectivity index (χ0) is 16.6. The van der Waals surface area contributed by atoms with Gasteiger partial charge < -0.3 is 4.90 Å². The van der Waals surface area contributed by atoms with Gasteiger partial charge in [-0.05, 0) is 43.3 Å². The van der Waals surface area contributed by atoms with Crippen LogP contribution in [0.3, 0.4) is 0 Å². The quantitative estimate of drug-likeness (QED) is 0.871. The van der Waals surface area contributed by atoms with Crippen molar-refractivity contribution in [2.45, 2.75) is 19.4 Å². The van der Waals surface area contributed by atoms with Crippen LogP contribution in [0.4, 0.5) is 10.1 Å². The lowest BCUT2D eigenvalue weighted by atomic mass is 9.86. The number of hydrogen-bond acceptors (Lipinski definition) is 3. The Kier molecular flexibility index (Phi) is 3.81. The van der Waals surface area contributed by atoms with Crippen LogP contribution in [-0.4, -0.2) is 35.4 Å². The van der Waals surface area contributed by atoms with E-state index in [0.29, 0.717) is 18.7 Å². The standard InChI is InChI=1S/C19H20FN3O/c20-15-4-3-6-17(10-15)23-14-19(11-18(23)24)7-9-22(13-19)12-16-5-1-2-8-21-16/h1-6,8,10H,7,9,11-14H2. The van der Waals surface area contributed by atoms with Gasteiger partial charge in [0.15, 0.2) is 0 Å². The van der Waals surface area contributed by atoms with Crippen LogP contribution in [0, 0.1) is 11.2 Å². The highest BCUT2D eigenvalue weighted by Crippen LogP contribution is 2.42. The lowest BCUT2D eigenvalue weighted by molar-refractivity contribution is -0.117. The summed E-state index contributed by atoms with van der Waals surface area (Å²) in [5.41, 5.74) is 1.71. The van der Waals surface area contributed by atoms with E-state index in [1.807, 2.05) is 24.4 Å². The summed E-state index contributed by atoms with van der Waals surface area (Å²) in [5, 5.41) is 0. The Morgan fingerprint density at radius 3 is 2.88 bits per heavy atom. The third-order valence-electron chi connectivity index (χ3n) is 5.07. The van der Waals surface area contributed by atoms with E-state index in [2.05, 4.69) is 9.88 Å². The molecule has 1 unspecified atom stereocenters. The van der Waals surface area contributed by atoms with Crippen LogP contribution in [0.5, 0.6) is 0 Å². The third-order valence-corrected chi connectivity index (χ3v) is 5.07. The molecule has 1 aromatic heterocycles. The second-order valence-corrected chi connectivity index (χ2v) is 6.92. The molecule has 1 atom stereocenters. The summed E-state index contributed by atoms with van der Waals surface area (Å²) in [6, 6.07) is 12.3. The van der Waals surface area contributed by atoms with Crippen molar-refractivity contribution < 1.29 is 9.18 Å². The van der Waals surface area contributed by atoms with Gasteiger partial charge in [0.05, 0.1) is 5.69 Å². The van der Waals surface area contributed by atoms with Crippen LogP contribution in [0.25, 0.3) is 0 Å². The fourth-order valence-corrected chi connectivity index (χ4v) is 3.93. The molecule has 1 aromatic carbocycles. The Hall–Kier alpha value is -2.27. The normalized spacial score (nSPS) is 24.2. The SMILES string of the molecule is O=C1CC2(CCN(Cc3ccccn3)C2)CN1c1cccc(F)c1. The summed E-state index contributed by atoms with van der Waals surface area (Å²) >= 11 is 0. The molecule has 4 nitrogen and oxygen atoms in total. The number of anilines is 1. The van der Waals surface area contributed by atoms with Crippen molar-refractivity contribution in [3.05, 3.63) is 60.2 Å². The lowest BCUT2D eigenvalue weighted by Crippen LogP contribution is -2.31. The zero-order valence-corrected chi connectivity index (χ0v) is 13.5. The molecule has 0 saturated carbocycles. The van der Waals surface area contributed by atoms with Gasteiger partial charge in [-0.3, -0.25) is 14.7 Å². The van der Waals surface area contributed by atoms with Crippen LogP contribution in [-0.2, 0) is 11.3 Å². The van der Waals surface area contributed by atoms with E-state index >= 15 is 0 Å². The number of likely N-dealkylation sites (tertiary alicyclic amines) is 1. The van der Waals surface area contributed by atoms with Crippen molar-refractivity contribution in [2.24, 2.45) is 5.41 Å². The number of carbonyl (C=O) groups excluding carboxylic acids is 1. The van der Waals surface area contributed by atoms with E-state index < -0.39 is 0 Å². The van der Waals surface area contributed by atoms with Gasteiger partial charge in [-0.15, -0.1) is 0 Å². The van der Waals surface area contributed by atoms with Crippen LogP contribution in [0.15, 0.2) is 48.7 Å². The van der Waals surface area contributed by atoms with Gasteiger partial charge in [0.25, 0.3) is 0 Å². The Bertz CT molecular complexity index is 751. The highest BCUT2D eigenvalue weighted by atomic mass is 19.1. The number of hydrogen-bond donors (Lipinski definition) is 0. The molecule has 124 valence electrons. The molecular weight excluding hydrogens is 305 g/mol. The molecule has 1 amide bonds. The fraction of sp³-hybridized carbons (Fsp3) is 0.368. The smallest absolute Gasteiger partial charge is 0.227 e. The van der Waals surface area contributed by atoms with Gasteiger partial charge in [-0.2, -0.15) is 0 Å². The first-order valence-corrected chi connectivity index (χ1v) is 8.32. The highest BCUT2D eigenvalue weighted by molar-refractivity contribution is 5.96. The van der Waals surface area contributed by atoms with E-state index in [1.165, 1.54) is 12.1 Å². The van der Waals surface area contributed by atoms with E-state index in [1.54, 1.807) is 17.0 Å². The molecule has 3 heterocycles. The molecule has 2 saturated heterocycles. The largest absolute Gasteiger partial charge is 0.312 e.